The lowest BCUT2D eigenvalue weighted by Gasteiger charge is -2.58. The highest BCUT2D eigenvalue weighted by atomic mass is 16.8. The second kappa shape index (κ2) is 29.2. The Morgan fingerprint density at radius 2 is 1.11 bits per heavy atom. The maximum absolute atomic E-state index is 12.7. The highest BCUT2D eigenvalue weighted by Gasteiger charge is 2.69. The standard InChI is InChI=1S/C62H102O31/c1-23(20-81-54-47(77)44(74)41(71)34(17-63)86-54)9-14-62(80-6)24(2)37-33(93-62)16-30-28-8-7-26-15-27(10-12-60(26,4)29(28)11-13-61(30,37)5)85-58-52(91-57-48(78)43(73)38(68)25(3)84-57)49(79)50(36(19-65)88-58)89-59-53(92-56-46(76)40(70)32(67)22-83-56)51(42(72)35(18-64)87-59)90-55-45(75)39(69)31(66)21-82-55/h7,23-25,27-59,63-79H,8-22H2,1-6H3/t23-,24+,25+,27+,28-,29+,30+,31-,32-,33+,34-,35-,36-,37+,38+,39+,40+,41-,42-,43-,44+,45-,46-,47-,48-,49+,50+,51+,52-,53-,54-,55+,56+,57+,58-,59+,60+,61+,62+/m1/s1. The van der Waals surface area contributed by atoms with Crippen LogP contribution >= 0.6 is 0 Å². The van der Waals surface area contributed by atoms with Gasteiger partial charge in [0.05, 0.1) is 58.0 Å². The van der Waals surface area contributed by atoms with Gasteiger partial charge in [-0.15, -0.1) is 0 Å². The van der Waals surface area contributed by atoms with Gasteiger partial charge >= 0.3 is 0 Å². The zero-order valence-corrected chi connectivity index (χ0v) is 53.3. The van der Waals surface area contributed by atoms with Crippen molar-refractivity contribution in [2.24, 2.45) is 46.3 Å². The molecule has 0 bridgehead atoms. The van der Waals surface area contributed by atoms with E-state index in [1.54, 1.807) is 7.11 Å². The van der Waals surface area contributed by atoms with Crippen LogP contribution in [0.15, 0.2) is 11.6 Å². The summed E-state index contributed by atoms with van der Waals surface area (Å²) in [7, 11) is 1.69. The smallest absolute Gasteiger partial charge is 0.187 e. The number of fused-ring (bicyclic) bond motifs is 7. The van der Waals surface area contributed by atoms with Crippen LogP contribution in [-0.4, -0.2) is 324 Å². The minimum Gasteiger partial charge on any atom is -0.394 e. The minimum absolute atomic E-state index is 0.0372. The van der Waals surface area contributed by atoms with Crippen molar-refractivity contribution in [3.8, 4) is 0 Å². The van der Waals surface area contributed by atoms with E-state index in [4.69, 9.17) is 66.3 Å². The minimum atomic E-state index is -1.96. The van der Waals surface area contributed by atoms with Crippen LogP contribution in [0.1, 0.15) is 92.4 Å². The van der Waals surface area contributed by atoms with Crippen molar-refractivity contribution in [1.29, 1.82) is 0 Å². The first-order chi connectivity index (χ1) is 44.1. The molecule has 0 spiro atoms. The number of hydrogen-bond acceptors (Lipinski definition) is 31. The molecule has 0 aromatic rings. The third-order valence-electron chi connectivity index (χ3n) is 23.3. The van der Waals surface area contributed by atoms with Gasteiger partial charge in [-0.1, -0.05) is 39.3 Å². The van der Waals surface area contributed by atoms with E-state index in [0.29, 0.717) is 49.9 Å². The topological polar surface area (TPSA) is 473 Å². The van der Waals surface area contributed by atoms with E-state index in [-0.39, 0.29) is 41.3 Å². The molecule has 11 aliphatic rings. The first-order valence-corrected chi connectivity index (χ1v) is 33.2. The molecule has 31 nitrogen and oxygen atoms in total. The molecule has 10 fully saturated rings. The first kappa shape index (κ1) is 72.7. The normalized spacial score (nSPS) is 54.5. The van der Waals surface area contributed by atoms with Gasteiger partial charge in [0.1, 0.15) is 128 Å². The Morgan fingerprint density at radius 3 is 1.75 bits per heavy atom. The van der Waals surface area contributed by atoms with Crippen molar-refractivity contribution < 1.29 is 153 Å². The fourth-order valence-electron chi connectivity index (χ4n) is 17.7. The summed E-state index contributed by atoms with van der Waals surface area (Å²) in [5.41, 5.74) is 0.924. The van der Waals surface area contributed by atoms with E-state index in [1.165, 1.54) is 12.5 Å². The summed E-state index contributed by atoms with van der Waals surface area (Å²) in [6, 6.07) is 0. The maximum atomic E-state index is 12.7. The Labute approximate surface area is 538 Å². The zero-order valence-electron chi connectivity index (χ0n) is 53.3. The lowest BCUT2D eigenvalue weighted by Crippen LogP contribution is -2.68. The van der Waals surface area contributed by atoms with Crippen molar-refractivity contribution in [2.45, 2.75) is 282 Å². The molecule has 31 heteroatoms. The third-order valence-corrected chi connectivity index (χ3v) is 23.3. The monoisotopic (exact) mass is 1340 g/mol. The Balaban J connectivity index is 0.790. The van der Waals surface area contributed by atoms with Gasteiger partial charge in [-0.3, -0.25) is 0 Å². The fraction of sp³-hybridized carbons (Fsp3) is 0.968. The van der Waals surface area contributed by atoms with E-state index in [9.17, 15) is 86.8 Å². The molecule has 0 aromatic heterocycles. The molecule has 4 aliphatic carbocycles. The molecule has 0 amide bonds. The van der Waals surface area contributed by atoms with Gasteiger partial charge in [0.15, 0.2) is 43.5 Å². The van der Waals surface area contributed by atoms with Gasteiger partial charge in [0.25, 0.3) is 0 Å². The molecule has 93 heavy (non-hydrogen) atoms. The second-order valence-corrected chi connectivity index (χ2v) is 28.7. The van der Waals surface area contributed by atoms with Crippen molar-refractivity contribution in [3.63, 3.8) is 0 Å². The van der Waals surface area contributed by atoms with Crippen molar-refractivity contribution in [2.75, 3.05) is 46.8 Å². The molecule has 3 saturated carbocycles. The average molecular weight is 1340 g/mol. The van der Waals surface area contributed by atoms with Gasteiger partial charge in [0.2, 0.25) is 0 Å². The Hall–Kier alpha value is -1.50. The third kappa shape index (κ3) is 13.6. The summed E-state index contributed by atoms with van der Waals surface area (Å²) >= 11 is 0. The Kier molecular flexibility index (Phi) is 22.9. The number of methoxy groups -OCH3 is 1. The molecule has 0 radical (unpaired) electrons. The summed E-state index contributed by atoms with van der Waals surface area (Å²) in [5.74, 6) is 0.418. The van der Waals surface area contributed by atoms with E-state index in [0.717, 1.165) is 25.7 Å². The van der Waals surface area contributed by atoms with Crippen LogP contribution in [0.4, 0.5) is 0 Å². The molecular weight excluding hydrogens is 1240 g/mol. The van der Waals surface area contributed by atoms with Crippen molar-refractivity contribution >= 4 is 0 Å². The number of rotatable bonds is 20. The van der Waals surface area contributed by atoms with Crippen LogP contribution in [0.3, 0.4) is 0 Å². The van der Waals surface area contributed by atoms with E-state index < -0.39 is 217 Å². The van der Waals surface area contributed by atoms with Crippen LogP contribution in [0, 0.1) is 46.3 Å². The van der Waals surface area contributed by atoms with Gasteiger partial charge in [-0.25, -0.2) is 0 Å². The number of ether oxygens (including phenoxy) is 14. The largest absolute Gasteiger partial charge is 0.394 e. The molecule has 0 aromatic carbocycles. The molecule has 7 saturated heterocycles. The van der Waals surface area contributed by atoms with Gasteiger partial charge in [-0.2, -0.15) is 0 Å². The number of hydrogen-bond donors (Lipinski definition) is 17. The van der Waals surface area contributed by atoms with Crippen molar-refractivity contribution in [1.82, 2.24) is 0 Å². The maximum Gasteiger partial charge on any atom is 0.187 e. The number of aliphatic hydroxyl groups is 17. The van der Waals surface area contributed by atoms with Crippen LogP contribution in [0.25, 0.3) is 0 Å². The Bertz CT molecular complexity index is 2470. The molecule has 7 heterocycles. The zero-order chi connectivity index (χ0) is 67.1. The van der Waals surface area contributed by atoms with Gasteiger partial charge in [0, 0.05) is 19.4 Å². The van der Waals surface area contributed by atoms with E-state index in [1.807, 2.05) is 6.92 Å². The van der Waals surface area contributed by atoms with Crippen LogP contribution < -0.4 is 0 Å². The number of allylic oxidation sites excluding steroid dienone is 1. The summed E-state index contributed by atoms with van der Waals surface area (Å²) in [4.78, 5) is 0. The summed E-state index contributed by atoms with van der Waals surface area (Å²) in [6.45, 7) is 7.12. The fourth-order valence-corrected chi connectivity index (χ4v) is 17.7. The molecular formula is C62H102O31. The van der Waals surface area contributed by atoms with Crippen LogP contribution in [0.2, 0.25) is 0 Å². The summed E-state index contributed by atoms with van der Waals surface area (Å²) in [6.07, 6.45) is -38.6. The SMILES string of the molecule is CO[C@@]1(CC[C@@H](C)CO[C@@H]2O[C@H](CO)[C@@H](O)[C@H](O)[C@H]2O)O[C@H]2C[C@H]3[C@@H]4CC=C5C[C@@H](O[C@@H]6O[C@H](CO)[C@H](O[C@@H]7O[C@H](CO)[C@@H](O)[C@H](O[C@@H]8OC[C@@H](O)[C@H](O)[C@H]8O)[C@H]7O[C@@H]7OC[C@@H](O)[C@H](O)[C@H]7O)[C@H](O)[C@H]6O[C@@H]6O[C@@H](C)[C@H](O)[C@@H](O)[C@H]6O)CC[C@]5(C)[C@H]4CC[C@]3(C)[C@H]2[C@@H]1C. The Morgan fingerprint density at radius 1 is 0.548 bits per heavy atom. The molecule has 0 unspecified atom stereocenters. The lowest BCUT2D eigenvalue weighted by molar-refractivity contribution is -0.408. The molecule has 17 N–H and O–H groups in total. The first-order valence-electron chi connectivity index (χ1n) is 33.2. The molecule has 39 atom stereocenters. The molecule has 11 rings (SSSR count). The van der Waals surface area contributed by atoms with Crippen LogP contribution in [0.5, 0.6) is 0 Å². The second-order valence-electron chi connectivity index (χ2n) is 28.7. The molecule has 536 valence electrons. The van der Waals surface area contributed by atoms with E-state index >= 15 is 0 Å². The highest BCUT2D eigenvalue weighted by molar-refractivity contribution is 5.26. The van der Waals surface area contributed by atoms with Gasteiger partial charge < -0.3 is 153 Å². The quantitative estimate of drug-likeness (QED) is 0.0506. The average Bonchev–Trinajstić information content (AvgIpc) is 1.56. The number of aliphatic hydroxyl groups excluding tert-OH is 17. The predicted octanol–water partition coefficient (Wildman–Crippen LogP) is -5.43. The predicted molar refractivity (Wildman–Crippen MR) is 308 cm³/mol. The van der Waals surface area contributed by atoms with Gasteiger partial charge in [-0.05, 0) is 98.7 Å². The van der Waals surface area contributed by atoms with E-state index in [2.05, 4.69) is 26.8 Å². The van der Waals surface area contributed by atoms with Crippen molar-refractivity contribution in [3.05, 3.63) is 11.6 Å². The summed E-state index contributed by atoms with van der Waals surface area (Å²) < 4.78 is 86.1. The summed E-state index contributed by atoms with van der Waals surface area (Å²) in [5, 5.41) is 183. The lowest BCUT2D eigenvalue weighted by atomic mass is 9.47. The molecule has 7 aliphatic heterocycles. The highest BCUT2D eigenvalue weighted by Crippen LogP contribution is 2.70. The van der Waals surface area contributed by atoms with Crippen LogP contribution in [-0.2, 0) is 66.3 Å².